The molecule has 1 amide bonds. The third-order valence-electron chi connectivity index (χ3n) is 3.54. The van der Waals surface area contributed by atoms with Crippen LogP contribution in [0.5, 0.6) is 0 Å². The molecule has 2 aromatic rings. The van der Waals surface area contributed by atoms with E-state index >= 15 is 0 Å². The summed E-state index contributed by atoms with van der Waals surface area (Å²) in [5.41, 5.74) is 1.39. The minimum absolute atomic E-state index is 0.329. The van der Waals surface area contributed by atoms with E-state index in [9.17, 15) is 14.4 Å². The highest BCUT2D eigenvalue weighted by molar-refractivity contribution is 7.98. The first-order valence-corrected chi connectivity index (χ1v) is 9.86. The van der Waals surface area contributed by atoms with Crippen molar-refractivity contribution in [3.8, 4) is 0 Å². The quantitative estimate of drug-likeness (QED) is 0.490. The lowest BCUT2D eigenvalue weighted by Crippen LogP contribution is -2.40. The fraction of sp³-hybridized carbons (Fsp3) is 0.333. The number of amides is 1. The van der Waals surface area contributed by atoms with Gasteiger partial charge in [-0.25, -0.2) is 4.98 Å². The van der Waals surface area contributed by atoms with Gasteiger partial charge in [0.1, 0.15) is 13.1 Å². The van der Waals surface area contributed by atoms with Crippen LogP contribution < -0.4 is 0 Å². The number of thioether (sulfide) groups is 1. The van der Waals surface area contributed by atoms with Gasteiger partial charge in [-0.1, -0.05) is 0 Å². The Morgan fingerprint density at radius 2 is 1.67 bits per heavy atom. The maximum absolute atomic E-state index is 12.6. The van der Waals surface area contributed by atoms with Gasteiger partial charge in [-0.15, -0.1) is 23.1 Å². The van der Waals surface area contributed by atoms with E-state index in [0.29, 0.717) is 5.56 Å². The van der Waals surface area contributed by atoms with Gasteiger partial charge in [0.2, 0.25) is 0 Å². The van der Waals surface area contributed by atoms with Crippen LogP contribution in [0.15, 0.2) is 34.5 Å². The van der Waals surface area contributed by atoms with Crippen molar-refractivity contribution in [3.63, 3.8) is 0 Å². The van der Waals surface area contributed by atoms with Crippen LogP contribution in [0.4, 0.5) is 0 Å². The molecular formula is C18H20N2O5S2. The molecule has 144 valence electrons. The maximum atomic E-state index is 12.6. The average Bonchev–Trinajstić information content (AvgIpc) is 3.10. The van der Waals surface area contributed by atoms with Crippen molar-refractivity contribution in [1.82, 2.24) is 9.88 Å². The molecule has 7 nitrogen and oxygen atoms in total. The Morgan fingerprint density at radius 1 is 1.07 bits per heavy atom. The molecule has 0 spiro atoms. The largest absolute Gasteiger partial charge is 0.468 e. The Bertz CT molecular complexity index is 786. The van der Waals surface area contributed by atoms with Crippen molar-refractivity contribution < 1.29 is 23.9 Å². The minimum atomic E-state index is -0.613. The standard InChI is InChI=1S/C18H20N2O5S2/c1-12-19-14(10-26-12)11-27-15-6-4-13(5-7-15)18(23)20(8-16(21)24-2)9-17(22)25-3/h4-7,10H,8-9,11H2,1-3H3. The van der Waals surface area contributed by atoms with E-state index in [0.717, 1.165) is 26.2 Å². The third-order valence-corrected chi connectivity index (χ3v) is 5.40. The molecule has 1 aromatic carbocycles. The minimum Gasteiger partial charge on any atom is -0.468 e. The van der Waals surface area contributed by atoms with Gasteiger partial charge in [-0.2, -0.15) is 0 Å². The Morgan fingerprint density at radius 3 is 2.15 bits per heavy atom. The zero-order chi connectivity index (χ0) is 19.8. The van der Waals surface area contributed by atoms with Crippen LogP contribution in [0.3, 0.4) is 0 Å². The number of hydrogen-bond acceptors (Lipinski definition) is 8. The van der Waals surface area contributed by atoms with Crippen molar-refractivity contribution in [3.05, 3.63) is 45.9 Å². The second-order valence-corrected chi connectivity index (χ2v) is 7.60. The molecule has 9 heteroatoms. The lowest BCUT2D eigenvalue weighted by atomic mass is 10.2. The number of aromatic nitrogens is 1. The highest BCUT2D eigenvalue weighted by Crippen LogP contribution is 2.24. The van der Waals surface area contributed by atoms with Crippen molar-refractivity contribution in [2.24, 2.45) is 0 Å². The zero-order valence-corrected chi connectivity index (χ0v) is 16.9. The van der Waals surface area contributed by atoms with Crippen molar-refractivity contribution in [1.29, 1.82) is 0 Å². The molecular weight excluding hydrogens is 388 g/mol. The van der Waals surface area contributed by atoms with Gasteiger partial charge in [0.25, 0.3) is 5.91 Å². The summed E-state index contributed by atoms with van der Waals surface area (Å²) in [7, 11) is 2.44. The summed E-state index contributed by atoms with van der Waals surface area (Å²) < 4.78 is 9.17. The summed E-state index contributed by atoms with van der Waals surface area (Å²) in [6.07, 6.45) is 0. The molecule has 0 radical (unpaired) electrons. The summed E-state index contributed by atoms with van der Waals surface area (Å²) in [6.45, 7) is 1.31. The molecule has 0 atom stereocenters. The molecule has 0 aliphatic rings. The number of hydrogen-bond donors (Lipinski definition) is 0. The molecule has 0 unspecified atom stereocenters. The molecule has 27 heavy (non-hydrogen) atoms. The first-order valence-electron chi connectivity index (χ1n) is 7.99. The number of rotatable bonds is 8. The Hall–Kier alpha value is -2.39. The topological polar surface area (TPSA) is 85.8 Å². The summed E-state index contributed by atoms with van der Waals surface area (Å²) in [5, 5.41) is 3.06. The second-order valence-electron chi connectivity index (χ2n) is 5.48. The Kier molecular flexibility index (Phi) is 7.81. The van der Waals surface area contributed by atoms with Crippen molar-refractivity contribution >= 4 is 40.9 Å². The van der Waals surface area contributed by atoms with E-state index in [2.05, 4.69) is 14.5 Å². The van der Waals surface area contributed by atoms with E-state index in [1.165, 1.54) is 14.2 Å². The lowest BCUT2D eigenvalue weighted by molar-refractivity contribution is -0.144. The number of aryl methyl sites for hydroxylation is 1. The fourth-order valence-corrected chi connectivity index (χ4v) is 3.66. The molecule has 1 aromatic heterocycles. The van der Waals surface area contributed by atoms with Crippen LogP contribution in [0.2, 0.25) is 0 Å². The van der Waals surface area contributed by atoms with Gasteiger partial charge in [0.15, 0.2) is 0 Å². The molecule has 0 saturated heterocycles. The van der Waals surface area contributed by atoms with Crippen molar-refractivity contribution in [2.75, 3.05) is 27.3 Å². The molecule has 0 bridgehead atoms. The van der Waals surface area contributed by atoms with Gasteiger partial charge < -0.3 is 14.4 Å². The number of esters is 2. The monoisotopic (exact) mass is 408 g/mol. The molecule has 0 saturated carbocycles. The number of methoxy groups -OCH3 is 2. The molecule has 0 N–H and O–H groups in total. The molecule has 0 fully saturated rings. The summed E-state index contributed by atoms with van der Waals surface area (Å²) in [6, 6.07) is 6.98. The van der Waals surface area contributed by atoms with Crippen LogP contribution in [0, 0.1) is 6.92 Å². The number of nitrogens with zero attached hydrogens (tertiary/aromatic N) is 2. The molecule has 0 aliphatic carbocycles. The van der Waals surface area contributed by atoms with E-state index in [1.54, 1.807) is 35.2 Å². The van der Waals surface area contributed by atoms with E-state index in [4.69, 9.17) is 0 Å². The molecule has 1 heterocycles. The first-order chi connectivity index (χ1) is 12.9. The summed E-state index contributed by atoms with van der Waals surface area (Å²) >= 11 is 3.23. The smallest absolute Gasteiger partial charge is 0.325 e. The highest BCUT2D eigenvalue weighted by Gasteiger charge is 2.22. The van der Waals surface area contributed by atoms with Crippen molar-refractivity contribution in [2.45, 2.75) is 17.6 Å². The van der Waals surface area contributed by atoms with E-state index in [-0.39, 0.29) is 13.1 Å². The van der Waals surface area contributed by atoms with Crippen LogP contribution in [-0.4, -0.2) is 55.0 Å². The average molecular weight is 409 g/mol. The second kappa shape index (κ2) is 10.1. The molecule has 0 aliphatic heterocycles. The zero-order valence-electron chi connectivity index (χ0n) is 15.3. The van der Waals surface area contributed by atoms with Gasteiger partial charge in [-0.05, 0) is 31.2 Å². The molecule has 2 rings (SSSR count). The maximum Gasteiger partial charge on any atom is 0.325 e. The number of benzene rings is 1. The fourth-order valence-electron chi connectivity index (χ4n) is 2.15. The SMILES string of the molecule is COC(=O)CN(CC(=O)OC)C(=O)c1ccc(SCc2csc(C)n2)cc1. The predicted octanol–water partition coefficient (Wildman–Crippen LogP) is 2.53. The Labute approximate surface area is 165 Å². The number of ether oxygens (including phenoxy) is 2. The summed E-state index contributed by atoms with van der Waals surface area (Å²) in [5.74, 6) is -0.928. The predicted molar refractivity (Wildman–Crippen MR) is 103 cm³/mol. The van der Waals surface area contributed by atoms with Crippen LogP contribution in [0.1, 0.15) is 21.1 Å². The third kappa shape index (κ3) is 6.37. The van der Waals surface area contributed by atoms with Gasteiger partial charge in [-0.3, -0.25) is 14.4 Å². The van der Waals surface area contributed by atoms with E-state index < -0.39 is 17.8 Å². The van der Waals surface area contributed by atoms with E-state index in [1.807, 2.05) is 24.4 Å². The first kappa shape index (κ1) is 20.9. The number of carbonyl (C=O) groups is 3. The van der Waals surface area contributed by atoms with Gasteiger partial charge >= 0.3 is 11.9 Å². The van der Waals surface area contributed by atoms with Crippen LogP contribution in [0.25, 0.3) is 0 Å². The number of thiazole rings is 1. The number of carbonyl (C=O) groups excluding carboxylic acids is 3. The van der Waals surface area contributed by atoms with Gasteiger partial charge in [0, 0.05) is 21.6 Å². The highest BCUT2D eigenvalue weighted by atomic mass is 32.2. The normalized spacial score (nSPS) is 10.3. The van der Waals surface area contributed by atoms with Gasteiger partial charge in [0.05, 0.1) is 24.9 Å². The lowest BCUT2D eigenvalue weighted by Gasteiger charge is -2.20. The van der Waals surface area contributed by atoms with Crippen LogP contribution in [-0.2, 0) is 24.8 Å². The van der Waals surface area contributed by atoms with Crippen LogP contribution >= 0.6 is 23.1 Å². The Balaban J connectivity index is 2.03. The summed E-state index contributed by atoms with van der Waals surface area (Å²) in [4.78, 5) is 42.2.